The second kappa shape index (κ2) is 5.92. The quantitative estimate of drug-likeness (QED) is 0.799. The molecule has 1 aromatic rings. The number of carbonyl (C=O) groups excluding carboxylic acids is 2. The molecule has 2 aliphatic rings. The first kappa shape index (κ1) is 14.2. The van der Waals surface area contributed by atoms with E-state index in [-0.39, 0.29) is 17.8 Å². The summed E-state index contributed by atoms with van der Waals surface area (Å²) in [6, 6.07) is 4.35. The lowest BCUT2D eigenvalue weighted by Crippen LogP contribution is -2.41. The summed E-state index contributed by atoms with van der Waals surface area (Å²) in [4.78, 5) is 26.2. The summed E-state index contributed by atoms with van der Waals surface area (Å²) in [6.07, 6.45) is 5.74. The molecule has 21 heavy (non-hydrogen) atoms. The van der Waals surface area contributed by atoms with Crippen molar-refractivity contribution in [2.75, 3.05) is 19.7 Å². The van der Waals surface area contributed by atoms with E-state index in [1.54, 1.807) is 0 Å². The zero-order valence-electron chi connectivity index (χ0n) is 12.5. The minimum atomic E-state index is -0.119. The summed E-state index contributed by atoms with van der Waals surface area (Å²) >= 11 is 0. The van der Waals surface area contributed by atoms with Crippen LogP contribution in [-0.4, -0.2) is 41.0 Å². The Bertz CT molecular complexity index is 525. The van der Waals surface area contributed by atoms with Crippen molar-refractivity contribution in [2.45, 2.75) is 38.6 Å². The molecule has 2 heterocycles. The van der Waals surface area contributed by atoms with Gasteiger partial charge in [-0.15, -0.1) is 0 Å². The van der Waals surface area contributed by atoms with Crippen LogP contribution < -0.4 is 0 Å². The molecule has 1 saturated heterocycles. The van der Waals surface area contributed by atoms with Crippen molar-refractivity contribution in [2.24, 2.45) is 5.92 Å². The molecule has 0 unspecified atom stereocenters. The average Bonchev–Trinajstić information content (AvgIpc) is 3.24. The molecule has 5 heteroatoms. The van der Waals surface area contributed by atoms with E-state index in [1.165, 1.54) is 12.8 Å². The number of rotatable bonds is 4. The van der Waals surface area contributed by atoms with E-state index in [0.29, 0.717) is 38.6 Å². The van der Waals surface area contributed by atoms with Crippen LogP contribution in [0.2, 0.25) is 0 Å². The largest absolute Gasteiger partial charge is 0.466 e. The lowest BCUT2D eigenvalue weighted by atomic mass is 9.97. The molecule has 0 radical (unpaired) electrons. The van der Waals surface area contributed by atoms with E-state index in [1.807, 2.05) is 30.2 Å². The number of amides is 1. The third-order valence-electron chi connectivity index (χ3n) is 4.34. The number of piperidine rings is 1. The van der Waals surface area contributed by atoms with Crippen molar-refractivity contribution in [1.29, 1.82) is 0 Å². The number of ether oxygens (including phenoxy) is 1. The molecule has 114 valence electrons. The van der Waals surface area contributed by atoms with Crippen molar-refractivity contribution in [1.82, 2.24) is 9.47 Å². The van der Waals surface area contributed by atoms with Crippen molar-refractivity contribution in [3.8, 4) is 0 Å². The number of likely N-dealkylation sites (tertiary alicyclic amines) is 1. The van der Waals surface area contributed by atoms with Gasteiger partial charge >= 0.3 is 5.97 Å². The van der Waals surface area contributed by atoms with Gasteiger partial charge in [-0.2, -0.15) is 0 Å². The summed E-state index contributed by atoms with van der Waals surface area (Å²) in [7, 11) is 0. The standard InChI is InChI=1S/C16H22N2O3/c1-2-21-16(20)12-7-10-17(11-8-12)15(19)14-4-3-9-18(14)13-5-6-13/h3-4,9,12-13H,2,5-8,10-11H2,1H3. The highest BCUT2D eigenvalue weighted by atomic mass is 16.5. The van der Waals surface area contributed by atoms with Gasteiger partial charge in [0.1, 0.15) is 5.69 Å². The van der Waals surface area contributed by atoms with Gasteiger partial charge < -0.3 is 14.2 Å². The Kier molecular flexibility index (Phi) is 3.99. The normalized spacial score (nSPS) is 19.6. The molecule has 1 aromatic heterocycles. The molecule has 0 atom stereocenters. The highest BCUT2D eigenvalue weighted by molar-refractivity contribution is 5.93. The van der Waals surface area contributed by atoms with Crippen LogP contribution in [0, 0.1) is 5.92 Å². The highest BCUT2D eigenvalue weighted by Crippen LogP contribution is 2.36. The van der Waals surface area contributed by atoms with Gasteiger partial charge in [0.15, 0.2) is 0 Å². The van der Waals surface area contributed by atoms with Gasteiger partial charge in [0.25, 0.3) is 5.91 Å². The van der Waals surface area contributed by atoms with Crippen molar-refractivity contribution >= 4 is 11.9 Å². The van der Waals surface area contributed by atoms with Gasteiger partial charge in [-0.1, -0.05) is 0 Å². The van der Waals surface area contributed by atoms with Crippen LogP contribution in [0.1, 0.15) is 49.1 Å². The van der Waals surface area contributed by atoms with Crippen molar-refractivity contribution in [3.05, 3.63) is 24.0 Å². The van der Waals surface area contributed by atoms with Crippen LogP contribution in [-0.2, 0) is 9.53 Å². The maximum atomic E-state index is 12.6. The van der Waals surface area contributed by atoms with Crippen molar-refractivity contribution in [3.63, 3.8) is 0 Å². The Labute approximate surface area is 124 Å². The fraction of sp³-hybridized carbons (Fsp3) is 0.625. The molecule has 1 aliphatic heterocycles. The Morgan fingerprint density at radius 1 is 1.24 bits per heavy atom. The van der Waals surface area contributed by atoms with Crippen LogP contribution in [0.4, 0.5) is 0 Å². The van der Waals surface area contributed by atoms with E-state index < -0.39 is 0 Å². The van der Waals surface area contributed by atoms with Crippen LogP contribution in [0.25, 0.3) is 0 Å². The lowest BCUT2D eigenvalue weighted by Gasteiger charge is -2.31. The minimum Gasteiger partial charge on any atom is -0.466 e. The number of hydrogen-bond acceptors (Lipinski definition) is 3. The molecule has 1 saturated carbocycles. The molecule has 0 aromatic carbocycles. The Hall–Kier alpha value is -1.78. The van der Waals surface area contributed by atoms with Crippen LogP contribution in [0.3, 0.4) is 0 Å². The van der Waals surface area contributed by atoms with Gasteiger partial charge in [-0.25, -0.2) is 0 Å². The summed E-state index contributed by atoms with van der Waals surface area (Å²) in [6.45, 7) is 3.52. The SMILES string of the molecule is CCOC(=O)C1CCN(C(=O)c2cccn2C2CC2)CC1. The number of aromatic nitrogens is 1. The van der Waals surface area contributed by atoms with Gasteiger partial charge in [-0.05, 0) is 44.7 Å². The van der Waals surface area contributed by atoms with Gasteiger partial charge in [-0.3, -0.25) is 9.59 Å². The highest BCUT2D eigenvalue weighted by Gasteiger charge is 2.32. The first-order valence-corrected chi connectivity index (χ1v) is 7.83. The van der Waals surface area contributed by atoms with E-state index in [0.717, 1.165) is 5.69 Å². The number of esters is 1. The first-order valence-electron chi connectivity index (χ1n) is 7.83. The fourth-order valence-corrected chi connectivity index (χ4v) is 2.99. The lowest BCUT2D eigenvalue weighted by molar-refractivity contribution is -0.149. The fourth-order valence-electron chi connectivity index (χ4n) is 2.99. The molecule has 0 N–H and O–H groups in total. The molecule has 3 rings (SSSR count). The number of carbonyl (C=O) groups is 2. The van der Waals surface area contributed by atoms with E-state index >= 15 is 0 Å². The maximum absolute atomic E-state index is 12.6. The van der Waals surface area contributed by atoms with Crippen LogP contribution >= 0.6 is 0 Å². The zero-order chi connectivity index (χ0) is 14.8. The molecular formula is C16H22N2O3. The summed E-state index contributed by atoms with van der Waals surface area (Å²) in [5.74, 6) is -0.0793. The van der Waals surface area contributed by atoms with Gasteiger partial charge in [0, 0.05) is 25.3 Å². The minimum absolute atomic E-state index is 0.0517. The molecule has 5 nitrogen and oxygen atoms in total. The second-order valence-corrected chi connectivity index (χ2v) is 5.85. The monoisotopic (exact) mass is 290 g/mol. The van der Waals surface area contributed by atoms with E-state index in [9.17, 15) is 9.59 Å². The molecular weight excluding hydrogens is 268 g/mol. The molecule has 2 fully saturated rings. The van der Waals surface area contributed by atoms with Gasteiger partial charge in [0.05, 0.1) is 12.5 Å². The van der Waals surface area contributed by atoms with E-state index in [4.69, 9.17) is 4.74 Å². The van der Waals surface area contributed by atoms with Crippen molar-refractivity contribution < 1.29 is 14.3 Å². The average molecular weight is 290 g/mol. The second-order valence-electron chi connectivity index (χ2n) is 5.85. The molecule has 1 amide bonds. The third-order valence-corrected chi connectivity index (χ3v) is 4.34. The maximum Gasteiger partial charge on any atom is 0.309 e. The molecule has 0 bridgehead atoms. The Morgan fingerprint density at radius 2 is 1.95 bits per heavy atom. The Morgan fingerprint density at radius 3 is 2.57 bits per heavy atom. The summed E-state index contributed by atoms with van der Waals surface area (Å²) in [5, 5.41) is 0. The van der Waals surface area contributed by atoms with Crippen LogP contribution in [0.5, 0.6) is 0 Å². The summed E-state index contributed by atoms with van der Waals surface area (Å²) in [5.41, 5.74) is 0.784. The predicted octanol–water partition coefficient (Wildman–Crippen LogP) is 2.24. The van der Waals surface area contributed by atoms with Gasteiger partial charge in [0.2, 0.25) is 0 Å². The zero-order valence-corrected chi connectivity index (χ0v) is 12.5. The predicted molar refractivity (Wildman–Crippen MR) is 78.0 cm³/mol. The van der Waals surface area contributed by atoms with E-state index in [2.05, 4.69) is 4.57 Å². The molecule has 0 spiro atoms. The summed E-state index contributed by atoms with van der Waals surface area (Å²) < 4.78 is 7.16. The third kappa shape index (κ3) is 2.96. The Balaban J connectivity index is 1.60. The number of hydrogen-bond donors (Lipinski definition) is 0. The van der Waals surface area contributed by atoms with Crippen LogP contribution in [0.15, 0.2) is 18.3 Å². The topological polar surface area (TPSA) is 51.5 Å². The molecule has 1 aliphatic carbocycles. The smallest absolute Gasteiger partial charge is 0.309 e. The number of nitrogens with zero attached hydrogens (tertiary/aromatic N) is 2. The first-order chi connectivity index (χ1) is 10.2.